The van der Waals surface area contributed by atoms with Gasteiger partial charge in [0.25, 0.3) is 11.8 Å². The van der Waals surface area contributed by atoms with E-state index >= 15 is 0 Å². The summed E-state index contributed by atoms with van der Waals surface area (Å²) in [7, 11) is 6.85. The lowest BCUT2D eigenvalue weighted by molar-refractivity contribution is -0.790. The predicted molar refractivity (Wildman–Crippen MR) is 150 cm³/mol. The van der Waals surface area contributed by atoms with Crippen molar-refractivity contribution in [1.82, 2.24) is 19.4 Å². The average molecular weight is 601 g/mol. The van der Waals surface area contributed by atoms with E-state index in [1.807, 2.05) is 0 Å². The summed E-state index contributed by atoms with van der Waals surface area (Å²) in [5.41, 5.74) is 0.519. The molecule has 0 saturated carbocycles. The highest BCUT2D eigenvalue weighted by Crippen LogP contribution is 2.30. The Morgan fingerprint density at radius 3 is 2.36 bits per heavy atom. The molecular formula is C28H29ClF2N7O4+. The van der Waals surface area contributed by atoms with Gasteiger partial charge < -0.3 is 19.5 Å². The van der Waals surface area contributed by atoms with Crippen LogP contribution in [0.1, 0.15) is 21.0 Å². The number of anilines is 1. The summed E-state index contributed by atoms with van der Waals surface area (Å²) in [6.45, 7) is 1.10. The van der Waals surface area contributed by atoms with Crippen LogP contribution in [0.5, 0.6) is 5.75 Å². The van der Waals surface area contributed by atoms with E-state index in [2.05, 4.69) is 10.3 Å². The van der Waals surface area contributed by atoms with E-state index in [1.54, 1.807) is 37.0 Å². The Bertz CT molecular complexity index is 1590. The lowest BCUT2D eigenvalue weighted by atomic mass is 10.1. The maximum atomic E-state index is 14.8. The van der Waals surface area contributed by atoms with Crippen molar-refractivity contribution in [3.8, 4) is 23.1 Å². The van der Waals surface area contributed by atoms with Gasteiger partial charge in [0, 0.05) is 44.5 Å². The van der Waals surface area contributed by atoms with Gasteiger partial charge >= 0.3 is 6.03 Å². The number of hydrogen-bond donors (Lipinski definition) is 1. The number of amides is 4. The lowest BCUT2D eigenvalue weighted by Gasteiger charge is -2.36. The molecule has 0 radical (unpaired) electrons. The number of quaternary nitrogens is 1. The number of imidazole rings is 1. The minimum atomic E-state index is -1.27. The van der Waals surface area contributed by atoms with E-state index in [4.69, 9.17) is 21.6 Å². The first-order valence-electron chi connectivity index (χ1n) is 12.8. The van der Waals surface area contributed by atoms with Gasteiger partial charge in [-0.2, -0.15) is 9.65 Å². The molecule has 42 heavy (non-hydrogen) atoms. The summed E-state index contributed by atoms with van der Waals surface area (Å²) in [4.78, 5) is 46.0. The van der Waals surface area contributed by atoms with E-state index in [1.165, 1.54) is 48.1 Å². The fraction of sp³-hybridized carbons (Fsp3) is 0.321. The minimum absolute atomic E-state index is 0.0307. The molecule has 1 fully saturated rings. The minimum Gasteiger partial charge on any atom is -0.476 e. The zero-order valence-electron chi connectivity index (χ0n) is 23.4. The van der Waals surface area contributed by atoms with Crippen molar-refractivity contribution in [2.24, 2.45) is 7.05 Å². The Labute approximate surface area is 246 Å². The summed E-state index contributed by atoms with van der Waals surface area (Å²) in [5, 5.41) is 11.4. The summed E-state index contributed by atoms with van der Waals surface area (Å²) in [5.74, 6) is -3.91. The van der Waals surface area contributed by atoms with Gasteiger partial charge in [-0.3, -0.25) is 14.5 Å². The third-order valence-electron chi connectivity index (χ3n) is 6.67. The molecule has 11 nitrogen and oxygen atoms in total. The molecule has 220 valence electrons. The molecule has 4 rings (SSSR count). The average Bonchev–Trinajstić information content (AvgIpc) is 3.33. The molecule has 0 aliphatic carbocycles. The highest BCUT2D eigenvalue weighted by molar-refractivity contribution is 6.34. The molecule has 1 N–H and O–H groups in total. The number of hydrogen-bond acceptors (Lipinski definition) is 6. The molecule has 3 aromatic rings. The Hall–Kier alpha value is -4.54. The van der Waals surface area contributed by atoms with Gasteiger partial charge in [-0.15, -0.1) is 0 Å². The number of nitrogens with one attached hydrogen (secondary N) is 1. The second-order valence-corrected chi connectivity index (χ2v) is 10.8. The van der Waals surface area contributed by atoms with Crippen LogP contribution in [-0.4, -0.2) is 95.6 Å². The number of carbonyl (C=O) groups is 3. The van der Waals surface area contributed by atoms with Crippen molar-refractivity contribution in [3.63, 3.8) is 0 Å². The molecule has 0 unspecified atom stereocenters. The zero-order valence-corrected chi connectivity index (χ0v) is 24.2. The van der Waals surface area contributed by atoms with Crippen LogP contribution in [0.15, 0.2) is 36.5 Å². The van der Waals surface area contributed by atoms with Gasteiger partial charge in [0.05, 0.1) is 43.6 Å². The quantitative estimate of drug-likeness (QED) is 0.430. The molecule has 4 amide bonds. The van der Waals surface area contributed by atoms with E-state index in [9.17, 15) is 23.2 Å². The SMILES string of the molecule is Cn1c(-c2ccc(OCC#N)c(F)c2F)cnc1C(=O)Nc1ccc(C(=O)N2CCN(C(=O)[N+](C)(C)C)CC2)c(Cl)c1. The fourth-order valence-electron chi connectivity index (χ4n) is 4.47. The molecule has 1 aromatic heterocycles. The van der Waals surface area contributed by atoms with Crippen molar-refractivity contribution in [2.45, 2.75) is 0 Å². The fourth-order valence-corrected chi connectivity index (χ4v) is 4.73. The monoisotopic (exact) mass is 600 g/mol. The number of piperazine rings is 1. The van der Waals surface area contributed by atoms with Gasteiger partial charge in [0.1, 0.15) is 6.07 Å². The number of ether oxygens (including phenoxy) is 1. The Morgan fingerprint density at radius 1 is 1.07 bits per heavy atom. The zero-order chi connectivity index (χ0) is 30.8. The van der Waals surface area contributed by atoms with Crippen molar-refractivity contribution in [3.05, 3.63) is 64.6 Å². The summed E-state index contributed by atoms with van der Waals surface area (Å²) >= 11 is 6.41. The van der Waals surface area contributed by atoms with E-state index in [0.717, 1.165) is 0 Å². The number of rotatable bonds is 6. The molecule has 2 aromatic carbocycles. The van der Waals surface area contributed by atoms with Gasteiger partial charge in [0.15, 0.2) is 24.0 Å². The Morgan fingerprint density at radius 2 is 1.74 bits per heavy atom. The molecule has 1 saturated heterocycles. The van der Waals surface area contributed by atoms with Crippen molar-refractivity contribution in [1.29, 1.82) is 5.26 Å². The first-order chi connectivity index (χ1) is 19.8. The predicted octanol–water partition coefficient (Wildman–Crippen LogP) is 3.76. The molecule has 1 aliphatic heterocycles. The molecule has 0 atom stereocenters. The van der Waals surface area contributed by atoms with Crippen LogP contribution in [0.2, 0.25) is 5.02 Å². The van der Waals surface area contributed by atoms with Crippen LogP contribution in [0, 0.1) is 23.0 Å². The molecular weight excluding hydrogens is 572 g/mol. The third kappa shape index (κ3) is 6.19. The maximum absolute atomic E-state index is 14.8. The van der Waals surface area contributed by atoms with Crippen molar-refractivity contribution < 1.29 is 32.4 Å². The van der Waals surface area contributed by atoms with Crippen molar-refractivity contribution in [2.75, 3.05) is 59.2 Å². The van der Waals surface area contributed by atoms with E-state index < -0.39 is 29.9 Å². The third-order valence-corrected chi connectivity index (χ3v) is 6.99. The Balaban J connectivity index is 1.44. The first-order valence-corrected chi connectivity index (χ1v) is 13.2. The maximum Gasteiger partial charge on any atom is 0.418 e. The van der Waals surface area contributed by atoms with Crippen LogP contribution in [0.3, 0.4) is 0 Å². The summed E-state index contributed by atoms with van der Waals surface area (Å²) < 4.78 is 35.5. The molecule has 1 aliphatic rings. The van der Waals surface area contributed by atoms with Crippen LogP contribution >= 0.6 is 11.6 Å². The van der Waals surface area contributed by atoms with Crippen molar-refractivity contribution >= 4 is 35.1 Å². The molecule has 14 heteroatoms. The molecule has 0 spiro atoms. The highest BCUT2D eigenvalue weighted by Gasteiger charge is 2.32. The topological polar surface area (TPSA) is 121 Å². The van der Waals surface area contributed by atoms with Gasteiger partial charge in [-0.05, 0) is 30.3 Å². The second-order valence-electron chi connectivity index (χ2n) is 10.4. The molecule has 2 heterocycles. The van der Waals surface area contributed by atoms with Crippen LogP contribution in [0.25, 0.3) is 11.3 Å². The van der Waals surface area contributed by atoms with Gasteiger partial charge in [0.2, 0.25) is 5.82 Å². The van der Waals surface area contributed by atoms with Crippen LogP contribution < -0.4 is 10.1 Å². The standard InChI is InChI=1S/C28H28ClF2N7O4/c1-35-21(19-7-8-22(42-14-9-32)24(31)23(19)30)16-33-25(35)26(39)34-17-5-6-18(20(29)15-17)27(40)36-10-12-37(13-11-36)28(41)38(2,3)4/h5-8,15-16H,10-14H2,1-4H3/p+1. The van der Waals surface area contributed by atoms with Gasteiger partial charge in [-0.1, -0.05) is 11.6 Å². The van der Waals surface area contributed by atoms with Gasteiger partial charge in [-0.25, -0.2) is 18.7 Å². The summed E-state index contributed by atoms with van der Waals surface area (Å²) in [6, 6.07) is 8.56. The number of nitriles is 1. The van der Waals surface area contributed by atoms with Crippen LogP contribution in [0.4, 0.5) is 19.3 Å². The number of nitrogens with zero attached hydrogens (tertiary/aromatic N) is 6. The highest BCUT2D eigenvalue weighted by atomic mass is 35.5. The first kappa shape index (κ1) is 30.4. The number of urea groups is 1. The normalized spacial score (nSPS) is 13.5. The number of aromatic nitrogens is 2. The van der Waals surface area contributed by atoms with E-state index in [-0.39, 0.29) is 44.1 Å². The number of carbonyl (C=O) groups excluding carboxylic acids is 3. The molecule has 0 bridgehead atoms. The van der Waals surface area contributed by atoms with E-state index in [0.29, 0.717) is 31.9 Å². The smallest absolute Gasteiger partial charge is 0.418 e. The number of halogens is 3. The second kappa shape index (κ2) is 12.1. The Kier molecular flexibility index (Phi) is 8.79. The van der Waals surface area contributed by atoms with Crippen LogP contribution in [-0.2, 0) is 7.05 Å². The largest absolute Gasteiger partial charge is 0.476 e. The number of benzene rings is 2. The summed E-state index contributed by atoms with van der Waals surface area (Å²) in [6.07, 6.45) is 1.23. The lowest BCUT2D eigenvalue weighted by Crippen LogP contribution is -2.57.